The summed E-state index contributed by atoms with van der Waals surface area (Å²) in [5.41, 5.74) is 5.16. The van der Waals surface area contributed by atoms with Crippen LogP contribution in [-0.2, 0) is 35.8 Å². The van der Waals surface area contributed by atoms with Crippen LogP contribution in [-0.4, -0.2) is 82.1 Å². The predicted molar refractivity (Wildman–Crippen MR) is 246 cm³/mol. The number of nitrogens with zero attached hydrogens (tertiary/aromatic N) is 2. The van der Waals surface area contributed by atoms with Gasteiger partial charge in [-0.05, 0) is 106 Å². The van der Waals surface area contributed by atoms with E-state index in [9.17, 15) is 29.7 Å². The predicted octanol–water partition coefficient (Wildman–Crippen LogP) is 5.08. The third-order valence-corrected chi connectivity index (χ3v) is 11.1. The molecule has 314 valence electrons. The summed E-state index contributed by atoms with van der Waals surface area (Å²) in [5.74, 6) is -0.314. The Kier molecular flexibility index (Phi) is 18.6. The highest BCUT2D eigenvalue weighted by Crippen LogP contribution is 2.35. The normalized spacial score (nSPS) is 11.3. The van der Waals surface area contributed by atoms with Crippen molar-refractivity contribution in [3.8, 4) is 0 Å². The van der Waals surface area contributed by atoms with Crippen molar-refractivity contribution >= 4 is 58.5 Å². The van der Waals surface area contributed by atoms with Crippen LogP contribution in [0.2, 0.25) is 0 Å². The zero-order chi connectivity index (χ0) is 42.7. The third-order valence-electron chi connectivity index (χ3n) is 11.1. The number of amides is 2. The quantitative estimate of drug-likeness (QED) is 0.0197. The molecule has 0 saturated heterocycles. The molecular weight excluding hydrogens is 750 g/mol. The topological polar surface area (TPSA) is 146 Å². The Bertz CT molecular complexity index is 1970. The van der Waals surface area contributed by atoms with E-state index in [4.69, 9.17) is 0 Å². The van der Waals surface area contributed by atoms with Crippen LogP contribution < -0.4 is 21.6 Å². The number of benzene rings is 5. The first-order valence-electron chi connectivity index (χ1n) is 21.2. The van der Waals surface area contributed by atoms with E-state index in [1.54, 1.807) is 12.1 Å². The zero-order valence-electron chi connectivity index (χ0n) is 34.8. The summed E-state index contributed by atoms with van der Waals surface area (Å²) in [4.78, 5) is 28.0. The molecule has 0 bridgehead atoms. The molecule has 2 amide bonds. The van der Waals surface area contributed by atoms with Crippen molar-refractivity contribution in [3.63, 3.8) is 0 Å². The van der Waals surface area contributed by atoms with Crippen LogP contribution in [0.4, 0.5) is 0 Å². The second-order valence-corrected chi connectivity index (χ2v) is 15.4. The molecular formula is C48H60B2N4O6. The van der Waals surface area contributed by atoms with E-state index in [1.165, 1.54) is 23.3 Å². The molecule has 0 heterocycles. The summed E-state index contributed by atoms with van der Waals surface area (Å²) in [6.45, 7) is 12.2. The molecule has 0 aromatic heterocycles. The molecule has 0 saturated carbocycles. The summed E-state index contributed by atoms with van der Waals surface area (Å²) >= 11 is 0. The fourth-order valence-electron chi connectivity index (χ4n) is 8.06. The van der Waals surface area contributed by atoms with Crippen LogP contribution in [0, 0.1) is 0 Å². The van der Waals surface area contributed by atoms with Crippen LogP contribution >= 0.6 is 0 Å². The lowest BCUT2D eigenvalue weighted by Gasteiger charge is -2.28. The van der Waals surface area contributed by atoms with Crippen LogP contribution in [0.15, 0.2) is 122 Å². The second kappa shape index (κ2) is 24.3. The maximum atomic E-state index is 11.6. The van der Waals surface area contributed by atoms with E-state index >= 15 is 0 Å². The van der Waals surface area contributed by atoms with Gasteiger partial charge in [0.1, 0.15) is 0 Å². The molecule has 12 heteroatoms. The molecule has 0 unspecified atom stereocenters. The van der Waals surface area contributed by atoms with Gasteiger partial charge in [-0.1, -0.05) is 136 Å². The number of fused-ring (bicyclic) bond motifs is 2. The lowest BCUT2D eigenvalue weighted by Crippen LogP contribution is -2.36. The molecule has 0 aliphatic carbocycles. The molecule has 0 aliphatic heterocycles. The highest BCUT2D eigenvalue weighted by atomic mass is 16.4. The summed E-state index contributed by atoms with van der Waals surface area (Å²) in [6.07, 6.45) is 10.2. The lowest BCUT2D eigenvalue weighted by atomic mass is 9.77. The lowest BCUT2D eigenvalue weighted by molar-refractivity contribution is -0.117. The third kappa shape index (κ3) is 13.5. The maximum absolute atomic E-state index is 11.6. The zero-order valence-corrected chi connectivity index (χ0v) is 34.8. The van der Waals surface area contributed by atoms with Gasteiger partial charge in [0.2, 0.25) is 11.8 Å². The molecule has 0 fully saturated rings. The van der Waals surface area contributed by atoms with Crippen LogP contribution in [0.25, 0.3) is 21.5 Å². The Morgan fingerprint density at radius 3 is 1.17 bits per heavy atom. The largest absolute Gasteiger partial charge is 0.488 e. The average molecular weight is 811 g/mol. The second-order valence-electron chi connectivity index (χ2n) is 15.4. The number of unbranched alkanes of at least 4 members (excludes halogenated alkanes) is 6. The van der Waals surface area contributed by atoms with Gasteiger partial charge in [-0.25, -0.2) is 0 Å². The Balaban J connectivity index is 1.45. The number of hydrogen-bond donors (Lipinski definition) is 6. The smallest absolute Gasteiger partial charge is 0.423 e. The number of carbonyl (C=O) groups is 2. The maximum Gasteiger partial charge on any atom is 0.488 e. The van der Waals surface area contributed by atoms with Crippen molar-refractivity contribution in [1.82, 2.24) is 20.4 Å². The van der Waals surface area contributed by atoms with Gasteiger partial charge in [0.15, 0.2) is 0 Å². The summed E-state index contributed by atoms with van der Waals surface area (Å²) in [5, 5.41) is 51.4. The van der Waals surface area contributed by atoms with Crippen LogP contribution in [0.5, 0.6) is 0 Å². The van der Waals surface area contributed by atoms with Gasteiger partial charge in [-0.15, -0.1) is 0 Å². The Morgan fingerprint density at radius 1 is 0.483 bits per heavy atom. The van der Waals surface area contributed by atoms with Gasteiger partial charge in [0.25, 0.3) is 0 Å². The van der Waals surface area contributed by atoms with E-state index in [0.29, 0.717) is 50.2 Å². The highest BCUT2D eigenvalue weighted by molar-refractivity contribution is 6.59. The number of rotatable bonds is 26. The van der Waals surface area contributed by atoms with Gasteiger partial charge >= 0.3 is 14.2 Å². The van der Waals surface area contributed by atoms with Crippen molar-refractivity contribution < 1.29 is 29.7 Å². The molecule has 5 rings (SSSR count). The molecule has 5 aromatic rings. The van der Waals surface area contributed by atoms with Crippen molar-refractivity contribution in [2.45, 2.75) is 77.5 Å². The molecule has 6 N–H and O–H groups in total. The molecule has 0 aliphatic rings. The van der Waals surface area contributed by atoms with Crippen molar-refractivity contribution in [3.05, 3.63) is 145 Å². The first-order chi connectivity index (χ1) is 29.2. The van der Waals surface area contributed by atoms with E-state index < -0.39 is 14.2 Å². The van der Waals surface area contributed by atoms with E-state index in [0.717, 1.165) is 97.1 Å². The van der Waals surface area contributed by atoms with Gasteiger partial charge in [-0.3, -0.25) is 19.4 Å². The average Bonchev–Trinajstić information content (AvgIpc) is 3.26. The number of hydrogen-bond acceptors (Lipinski definition) is 8. The highest BCUT2D eigenvalue weighted by Gasteiger charge is 2.22. The first kappa shape index (κ1) is 46.0. The summed E-state index contributed by atoms with van der Waals surface area (Å²) < 4.78 is 0. The standard InChI is InChI=1S/C48H60B2N4O6/c1-3-47(55)51-29-17-5-7-19-31-53(33-37-21-9-15-27-45(37)49(57)58)35-43-39-23-11-13-25-41(39)44(42-26-14-12-24-40(42)43)36-54(32-20-8-6-18-30-52-48(56)4-2)34-38-22-10-16-28-46(38)50(59)60/h3-4,9-16,21-28,57-60H,1-2,5-8,17-20,29-36H2,(H,51,55)(H,52,56). The minimum absolute atomic E-state index is 0.157. The number of carbonyl (C=O) groups excluding carboxylic acids is 2. The summed E-state index contributed by atoms with van der Waals surface area (Å²) in [6, 6.07) is 32.2. The molecule has 0 radical (unpaired) electrons. The molecule has 5 aromatic carbocycles. The minimum atomic E-state index is -1.57. The van der Waals surface area contributed by atoms with Gasteiger partial charge in [0.05, 0.1) is 0 Å². The SMILES string of the molecule is C=CC(=O)NCCCCCCN(Cc1ccccc1B(O)O)Cc1c2ccccc2c(CN(CCCCCCNC(=O)C=C)Cc2ccccc2B(O)O)c2ccccc12. The van der Waals surface area contributed by atoms with Crippen LogP contribution in [0.1, 0.15) is 73.6 Å². The fourth-order valence-corrected chi connectivity index (χ4v) is 8.06. The Morgan fingerprint density at radius 2 is 0.817 bits per heavy atom. The van der Waals surface area contributed by atoms with E-state index in [-0.39, 0.29) is 11.8 Å². The van der Waals surface area contributed by atoms with E-state index in [1.807, 2.05) is 36.4 Å². The number of nitrogens with one attached hydrogen (secondary N) is 2. The fraction of sp³-hybridized carbons (Fsp3) is 0.333. The monoisotopic (exact) mass is 810 g/mol. The first-order valence-corrected chi connectivity index (χ1v) is 21.2. The van der Waals surface area contributed by atoms with Gasteiger partial charge in [0, 0.05) is 39.3 Å². The Hall–Kier alpha value is -5.07. The van der Waals surface area contributed by atoms with Crippen molar-refractivity contribution in [2.75, 3.05) is 26.2 Å². The minimum Gasteiger partial charge on any atom is -0.423 e. The Labute approximate surface area is 355 Å². The molecule has 0 atom stereocenters. The molecule has 60 heavy (non-hydrogen) atoms. The van der Waals surface area contributed by atoms with Gasteiger partial charge in [-0.2, -0.15) is 0 Å². The van der Waals surface area contributed by atoms with Crippen LogP contribution in [0.3, 0.4) is 0 Å². The van der Waals surface area contributed by atoms with Crippen molar-refractivity contribution in [1.29, 1.82) is 0 Å². The van der Waals surface area contributed by atoms with E-state index in [2.05, 4.69) is 82.1 Å². The molecule has 10 nitrogen and oxygen atoms in total. The van der Waals surface area contributed by atoms with Gasteiger partial charge < -0.3 is 30.7 Å². The van der Waals surface area contributed by atoms with Crippen molar-refractivity contribution in [2.24, 2.45) is 0 Å². The molecule has 0 spiro atoms. The summed E-state index contributed by atoms with van der Waals surface area (Å²) in [7, 11) is -3.15.